The largest absolute Gasteiger partial charge is 0.391 e. The molecule has 0 radical (unpaired) electrons. The summed E-state index contributed by atoms with van der Waals surface area (Å²) in [5.41, 5.74) is 2.05. The van der Waals surface area contributed by atoms with Crippen molar-refractivity contribution in [2.24, 2.45) is 5.16 Å². The quantitative estimate of drug-likeness (QED) is 0.827. The highest BCUT2D eigenvalue weighted by atomic mass is 16.6. The van der Waals surface area contributed by atoms with E-state index in [1.165, 1.54) is 38.5 Å². The molecule has 0 aliphatic carbocycles. The molecule has 0 unspecified atom stereocenters. The summed E-state index contributed by atoms with van der Waals surface area (Å²) < 4.78 is 0. The van der Waals surface area contributed by atoms with Crippen LogP contribution in [0.2, 0.25) is 0 Å². The Morgan fingerprint density at radius 1 is 1.00 bits per heavy atom. The molecule has 0 atom stereocenters. The molecular formula is C20H31N3O2. The van der Waals surface area contributed by atoms with E-state index in [9.17, 15) is 4.79 Å². The van der Waals surface area contributed by atoms with Crippen molar-refractivity contribution in [3.63, 3.8) is 0 Å². The predicted octanol–water partition coefficient (Wildman–Crippen LogP) is 4.38. The van der Waals surface area contributed by atoms with Crippen LogP contribution in [0.3, 0.4) is 0 Å². The number of aromatic nitrogens is 1. The number of hydrogen-bond donors (Lipinski definition) is 1. The Labute approximate surface area is 151 Å². The van der Waals surface area contributed by atoms with E-state index in [4.69, 9.17) is 4.84 Å². The molecule has 0 aromatic carbocycles. The number of pyridine rings is 1. The van der Waals surface area contributed by atoms with Gasteiger partial charge in [-0.15, -0.1) is 0 Å². The zero-order chi connectivity index (χ0) is 17.6. The highest BCUT2D eigenvalue weighted by Gasteiger charge is 2.06. The van der Waals surface area contributed by atoms with Crippen LogP contribution in [-0.2, 0) is 16.2 Å². The first kappa shape index (κ1) is 19.4. The van der Waals surface area contributed by atoms with Gasteiger partial charge in [0.15, 0.2) is 0 Å². The number of hydrogen-bond acceptors (Lipinski definition) is 4. The zero-order valence-electron chi connectivity index (χ0n) is 15.2. The van der Waals surface area contributed by atoms with Gasteiger partial charge in [0.2, 0.25) is 5.91 Å². The lowest BCUT2D eigenvalue weighted by Crippen LogP contribution is -2.25. The Kier molecular flexibility index (Phi) is 9.67. The van der Waals surface area contributed by atoms with Crippen LogP contribution >= 0.6 is 0 Å². The van der Waals surface area contributed by atoms with Crippen molar-refractivity contribution in [1.29, 1.82) is 0 Å². The van der Waals surface area contributed by atoms with Crippen molar-refractivity contribution in [3.8, 4) is 0 Å². The SMILES string of the molecule is O=C1CCCCCCCCCC/C(=N/OCc2cccnc2)CCN1. The van der Waals surface area contributed by atoms with Crippen molar-refractivity contribution in [2.75, 3.05) is 6.54 Å². The summed E-state index contributed by atoms with van der Waals surface area (Å²) in [6, 6.07) is 3.87. The molecule has 5 heteroatoms. The average Bonchev–Trinajstić information content (AvgIpc) is 2.63. The molecule has 1 aromatic rings. The summed E-state index contributed by atoms with van der Waals surface area (Å²) in [4.78, 5) is 21.4. The van der Waals surface area contributed by atoms with Crippen LogP contribution in [0.4, 0.5) is 0 Å². The maximum Gasteiger partial charge on any atom is 0.220 e. The van der Waals surface area contributed by atoms with E-state index < -0.39 is 0 Å². The summed E-state index contributed by atoms with van der Waals surface area (Å²) in [5.74, 6) is 0.158. The topological polar surface area (TPSA) is 63.6 Å². The maximum absolute atomic E-state index is 11.8. The molecule has 138 valence electrons. The van der Waals surface area contributed by atoms with E-state index in [2.05, 4.69) is 15.5 Å². The average molecular weight is 345 g/mol. The molecule has 2 heterocycles. The summed E-state index contributed by atoms with van der Waals surface area (Å²) in [7, 11) is 0. The summed E-state index contributed by atoms with van der Waals surface area (Å²) in [6.07, 6.45) is 15.6. The van der Waals surface area contributed by atoms with Gasteiger partial charge in [0.25, 0.3) is 0 Å². The maximum atomic E-state index is 11.8. The van der Waals surface area contributed by atoms with Gasteiger partial charge in [0.1, 0.15) is 6.61 Å². The summed E-state index contributed by atoms with van der Waals surface area (Å²) in [5, 5.41) is 7.33. The molecule has 1 aromatic heterocycles. The molecule has 1 amide bonds. The second kappa shape index (κ2) is 12.5. The van der Waals surface area contributed by atoms with Crippen LogP contribution in [0.25, 0.3) is 0 Å². The van der Waals surface area contributed by atoms with Gasteiger partial charge in [-0.3, -0.25) is 9.78 Å². The fourth-order valence-electron chi connectivity index (χ4n) is 3.01. The number of oxime groups is 1. The standard InChI is InChI=1S/C20H31N3O2/c24-20-12-8-6-4-2-1-3-5-7-11-19(13-15-22-20)23-25-17-18-10-9-14-21-16-18/h9-10,14,16H,1-8,11-13,15,17H2,(H,22,24)/b23-19-. The molecule has 0 saturated carbocycles. The minimum atomic E-state index is 0.158. The Balaban J connectivity index is 1.81. The molecule has 1 N–H and O–H groups in total. The van der Waals surface area contributed by atoms with E-state index >= 15 is 0 Å². The Morgan fingerprint density at radius 2 is 1.72 bits per heavy atom. The minimum Gasteiger partial charge on any atom is -0.391 e. The van der Waals surface area contributed by atoms with E-state index in [-0.39, 0.29) is 5.91 Å². The molecule has 5 nitrogen and oxygen atoms in total. The number of rotatable bonds is 3. The molecular weight excluding hydrogens is 314 g/mol. The Morgan fingerprint density at radius 3 is 2.44 bits per heavy atom. The fourth-order valence-corrected chi connectivity index (χ4v) is 3.01. The summed E-state index contributed by atoms with van der Waals surface area (Å²) in [6.45, 7) is 1.08. The highest BCUT2D eigenvalue weighted by Crippen LogP contribution is 2.12. The lowest BCUT2D eigenvalue weighted by molar-refractivity contribution is -0.121. The second-order valence-corrected chi connectivity index (χ2v) is 6.72. The zero-order valence-corrected chi connectivity index (χ0v) is 15.2. The van der Waals surface area contributed by atoms with Gasteiger partial charge >= 0.3 is 0 Å². The van der Waals surface area contributed by atoms with E-state index in [1.54, 1.807) is 12.4 Å². The van der Waals surface area contributed by atoms with Crippen LogP contribution in [0.5, 0.6) is 0 Å². The molecule has 2 rings (SSSR count). The lowest BCUT2D eigenvalue weighted by atomic mass is 10.0. The predicted molar refractivity (Wildman–Crippen MR) is 100 cm³/mol. The van der Waals surface area contributed by atoms with Crippen molar-refractivity contribution in [2.45, 2.75) is 77.2 Å². The number of carbonyl (C=O) groups excluding carboxylic acids is 1. The van der Waals surface area contributed by atoms with Gasteiger partial charge in [-0.05, 0) is 25.3 Å². The van der Waals surface area contributed by atoms with Crippen molar-refractivity contribution < 1.29 is 9.63 Å². The van der Waals surface area contributed by atoms with Crippen LogP contribution < -0.4 is 5.32 Å². The molecule has 1 aliphatic heterocycles. The molecule has 0 spiro atoms. The van der Waals surface area contributed by atoms with E-state index in [1.807, 2.05) is 12.1 Å². The van der Waals surface area contributed by atoms with Gasteiger partial charge in [0.05, 0.1) is 5.71 Å². The Bertz CT molecular complexity index is 517. The second-order valence-electron chi connectivity index (χ2n) is 6.72. The van der Waals surface area contributed by atoms with Crippen LogP contribution in [0, 0.1) is 0 Å². The number of carbonyl (C=O) groups is 1. The van der Waals surface area contributed by atoms with Gasteiger partial charge in [0, 0.05) is 37.3 Å². The molecule has 1 aliphatic rings. The fraction of sp³-hybridized carbons (Fsp3) is 0.650. The Hall–Kier alpha value is -1.91. The summed E-state index contributed by atoms with van der Waals surface area (Å²) >= 11 is 0. The molecule has 25 heavy (non-hydrogen) atoms. The smallest absolute Gasteiger partial charge is 0.220 e. The van der Waals surface area contributed by atoms with E-state index in [0.29, 0.717) is 19.6 Å². The van der Waals surface area contributed by atoms with Crippen molar-refractivity contribution in [1.82, 2.24) is 10.3 Å². The monoisotopic (exact) mass is 345 g/mol. The molecule has 0 bridgehead atoms. The van der Waals surface area contributed by atoms with Gasteiger partial charge in [-0.2, -0.15) is 0 Å². The van der Waals surface area contributed by atoms with Gasteiger partial charge in [-0.25, -0.2) is 0 Å². The lowest BCUT2D eigenvalue weighted by Gasteiger charge is -2.08. The first-order valence-corrected chi connectivity index (χ1v) is 9.68. The third kappa shape index (κ3) is 9.22. The van der Waals surface area contributed by atoms with Gasteiger partial charge < -0.3 is 10.2 Å². The van der Waals surface area contributed by atoms with Crippen LogP contribution in [0.1, 0.15) is 76.2 Å². The van der Waals surface area contributed by atoms with Crippen LogP contribution in [0.15, 0.2) is 29.7 Å². The molecule has 1 fully saturated rings. The van der Waals surface area contributed by atoms with Crippen molar-refractivity contribution in [3.05, 3.63) is 30.1 Å². The minimum absolute atomic E-state index is 0.158. The first-order chi connectivity index (χ1) is 12.3. The number of amides is 1. The van der Waals surface area contributed by atoms with Gasteiger partial charge in [-0.1, -0.05) is 49.7 Å². The third-order valence-corrected chi connectivity index (χ3v) is 4.50. The van der Waals surface area contributed by atoms with E-state index in [0.717, 1.165) is 37.0 Å². The third-order valence-electron chi connectivity index (χ3n) is 4.50. The number of nitrogens with zero attached hydrogens (tertiary/aromatic N) is 2. The van der Waals surface area contributed by atoms with Crippen molar-refractivity contribution >= 4 is 11.6 Å². The molecule has 1 saturated heterocycles. The highest BCUT2D eigenvalue weighted by molar-refractivity contribution is 5.84. The first-order valence-electron chi connectivity index (χ1n) is 9.68. The van der Waals surface area contributed by atoms with Crippen LogP contribution in [-0.4, -0.2) is 23.1 Å². The number of nitrogens with one attached hydrogen (secondary N) is 1. The normalized spacial score (nSPS) is 20.3.